The minimum Gasteiger partial charge on any atom is -0.458 e. The van der Waals surface area contributed by atoms with Gasteiger partial charge < -0.3 is 9.47 Å². The van der Waals surface area contributed by atoms with Crippen molar-refractivity contribution in [3.05, 3.63) is 35.9 Å². The Morgan fingerprint density at radius 2 is 1.89 bits per heavy atom. The maximum atomic E-state index is 11.9. The third-order valence-electron chi connectivity index (χ3n) is 2.50. The first-order valence-corrected chi connectivity index (χ1v) is 9.93. The number of esters is 1. The topological polar surface area (TPSA) is 52.6 Å². The first kappa shape index (κ1) is 15.4. The van der Waals surface area contributed by atoms with Gasteiger partial charge in [-0.2, -0.15) is 0 Å². The Balaban J connectivity index is 2.55. The predicted octanol–water partition coefficient (Wildman–Crippen LogP) is 2.61. The SMILES string of the molecule is C[Si](C)(C)CC(OC=O)C(=O)OCc1ccccc1. The van der Waals surface area contributed by atoms with Crippen LogP contribution in [0.2, 0.25) is 25.7 Å². The van der Waals surface area contributed by atoms with E-state index in [1.807, 2.05) is 30.3 Å². The predicted molar refractivity (Wildman–Crippen MR) is 75.3 cm³/mol. The lowest BCUT2D eigenvalue weighted by Gasteiger charge is -2.21. The molecule has 1 unspecified atom stereocenters. The molecule has 1 aromatic carbocycles. The minimum atomic E-state index is -1.51. The van der Waals surface area contributed by atoms with Crippen molar-refractivity contribution in [2.45, 2.75) is 38.4 Å². The van der Waals surface area contributed by atoms with Crippen LogP contribution in [0.25, 0.3) is 0 Å². The molecule has 0 spiro atoms. The summed E-state index contributed by atoms with van der Waals surface area (Å²) in [4.78, 5) is 22.4. The summed E-state index contributed by atoms with van der Waals surface area (Å²) in [7, 11) is -1.51. The van der Waals surface area contributed by atoms with Crippen molar-refractivity contribution in [1.29, 1.82) is 0 Å². The lowest BCUT2D eigenvalue weighted by atomic mass is 10.2. The summed E-state index contributed by atoms with van der Waals surface area (Å²) in [5, 5.41) is 0. The van der Waals surface area contributed by atoms with E-state index in [0.717, 1.165) is 5.56 Å². The van der Waals surface area contributed by atoms with E-state index in [1.165, 1.54) is 0 Å². The van der Waals surface area contributed by atoms with Crippen molar-refractivity contribution in [3.8, 4) is 0 Å². The Hall–Kier alpha value is -1.62. The average Bonchev–Trinajstić information content (AvgIpc) is 2.35. The fourth-order valence-corrected chi connectivity index (χ4v) is 3.01. The second-order valence-electron chi connectivity index (χ2n) is 5.58. The van der Waals surface area contributed by atoms with E-state index in [1.54, 1.807) is 0 Å². The normalized spacial score (nSPS) is 12.6. The lowest BCUT2D eigenvalue weighted by molar-refractivity contribution is -0.161. The van der Waals surface area contributed by atoms with E-state index in [4.69, 9.17) is 9.47 Å². The van der Waals surface area contributed by atoms with E-state index >= 15 is 0 Å². The summed E-state index contributed by atoms with van der Waals surface area (Å²) in [6, 6.07) is 9.98. The number of carbonyl (C=O) groups is 2. The molecule has 0 heterocycles. The molecule has 0 aliphatic heterocycles. The highest BCUT2D eigenvalue weighted by molar-refractivity contribution is 6.76. The average molecular weight is 280 g/mol. The van der Waals surface area contributed by atoms with Gasteiger partial charge in [0.15, 0.2) is 6.10 Å². The molecular weight excluding hydrogens is 260 g/mol. The van der Waals surface area contributed by atoms with Crippen LogP contribution in [-0.4, -0.2) is 26.6 Å². The number of benzene rings is 1. The van der Waals surface area contributed by atoms with Crippen LogP contribution < -0.4 is 0 Å². The Bertz CT molecular complexity index is 411. The fourth-order valence-electron chi connectivity index (χ4n) is 1.63. The number of hydrogen-bond acceptors (Lipinski definition) is 4. The van der Waals surface area contributed by atoms with E-state index in [2.05, 4.69) is 19.6 Å². The van der Waals surface area contributed by atoms with E-state index in [9.17, 15) is 9.59 Å². The van der Waals surface area contributed by atoms with Crippen LogP contribution in [0.1, 0.15) is 5.56 Å². The molecule has 1 aromatic rings. The second-order valence-corrected chi connectivity index (χ2v) is 11.1. The fraction of sp³-hybridized carbons (Fsp3) is 0.429. The van der Waals surface area contributed by atoms with Crippen LogP contribution in [0, 0.1) is 0 Å². The number of rotatable bonds is 7. The molecule has 0 amide bonds. The molecule has 19 heavy (non-hydrogen) atoms. The zero-order valence-electron chi connectivity index (χ0n) is 11.6. The van der Waals surface area contributed by atoms with Crippen LogP contribution in [-0.2, 0) is 25.7 Å². The summed E-state index contributed by atoms with van der Waals surface area (Å²) >= 11 is 0. The lowest BCUT2D eigenvalue weighted by Crippen LogP contribution is -2.35. The van der Waals surface area contributed by atoms with Crippen molar-refractivity contribution in [2.75, 3.05) is 0 Å². The van der Waals surface area contributed by atoms with Crippen molar-refractivity contribution >= 4 is 20.5 Å². The third kappa shape index (κ3) is 6.19. The van der Waals surface area contributed by atoms with Gasteiger partial charge in [-0.15, -0.1) is 0 Å². The van der Waals surface area contributed by atoms with E-state index in [-0.39, 0.29) is 6.61 Å². The molecule has 0 bridgehead atoms. The van der Waals surface area contributed by atoms with Gasteiger partial charge in [0.2, 0.25) is 0 Å². The molecule has 0 radical (unpaired) electrons. The van der Waals surface area contributed by atoms with Crippen molar-refractivity contribution in [2.24, 2.45) is 0 Å². The third-order valence-corrected chi connectivity index (χ3v) is 4.10. The van der Waals surface area contributed by atoms with Crippen LogP contribution in [0.15, 0.2) is 30.3 Å². The van der Waals surface area contributed by atoms with Gasteiger partial charge in [0, 0.05) is 8.07 Å². The molecule has 0 saturated carbocycles. The number of hydrogen-bond donors (Lipinski definition) is 0. The highest BCUT2D eigenvalue weighted by atomic mass is 28.3. The summed E-state index contributed by atoms with van der Waals surface area (Å²) < 4.78 is 10.0. The van der Waals surface area contributed by atoms with Gasteiger partial charge in [0.05, 0.1) is 0 Å². The summed E-state index contributed by atoms with van der Waals surface area (Å²) in [5.74, 6) is -0.474. The molecule has 104 valence electrons. The van der Waals surface area contributed by atoms with Crippen LogP contribution in [0.5, 0.6) is 0 Å². The first-order valence-electron chi connectivity index (χ1n) is 6.22. The van der Waals surface area contributed by atoms with Gasteiger partial charge >= 0.3 is 5.97 Å². The molecule has 0 saturated heterocycles. The molecular formula is C14H20O4Si. The Kier molecular flexibility index (Phi) is 5.76. The van der Waals surface area contributed by atoms with Gasteiger partial charge in [-0.1, -0.05) is 50.0 Å². The van der Waals surface area contributed by atoms with Crippen LogP contribution in [0.3, 0.4) is 0 Å². The molecule has 1 atom stereocenters. The molecule has 0 aliphatic rings. The minimum absolute atomic E-state index is 0.199. The highest BCUT2D eigenvalue weighted by Crippen LogP contribution is 2.15. The summed E-state index contributed by atoms with van der Waals surface area (Å²) in [6.45, 7) is 6.84. The van der Waals surface area contributed by atoms with Gasteiger partial charge in [0.1, 0.15) is 6.61 Å². The Morgan fingerprint density at radius 1 is 1.26 bits per heavy atom. The molecule has 0 N–H and O–H groups in total. The molecule has 5 heteroatoms. The molecule has 0 aromatic heterocycles. The second kappa shape index (κ2) is 7.09. The monoisotopic (exact) mass is 280 g/mol. The van der Waals surface area contributed by atoms with Gasteiger partial charge in [-0.25, -0.2) is 4.79 Å². The zero-order chi connectivity index (χ0) is 14.3. The maximum Gasteiger partial charge on any atom is 0.347 e. The van der Waals surface area contributed by atoms with E-state index in [0.29, 0.717) is 12.5 Å². The number of ether oxygens (including phenoxy) is 2. The van der Waals surface area contributed by atoms with Crippen molar-refractivity contribution in [1.82, 2.24) is 0 Å². The highest BCUT2D eigenvalue weighted by Gasteiger charge is 2.28. The number of carbonyl (C=O) groups excluding carboxylic acids is 2. The van der Waals surface area contributed by atoms with Crippen LogP contribution >= 0.6 is 0 Å². The van der Waals surface area contributed by atoms with E-state index < -0.39 is 20.1 Å². The maximum absolute atomic E-state index is 11.9. The first-order chi connectivity index (χ1) is 8.92. The standard InChI is InChI=1S/C14H20O4Si/c1-19(2,3)10-13(18-11-15)14(16)17-9-12-7-5-4-6-8-12/h4-8,11,13H,9-10H2,1-3H3. The summed E-state index contributed by atoms with van der Waals surface area (Å²) in [6.07, 6.45) is -0.784. The molecule has 4 nitrogen and oxygen atoms in total. The Morgan fingerprint density at radius 3 is 2.42 bits per heavy atom. The van der Waals surface area contributed by atoms with Crippen molar-refractivity contribution < 1.29 is 19.1 Å². The molecule has 1 rings (SSSR count). The smallest absolute Gasteiger partial charge is 0.347 e. The van der Waals surface area contributed by atoms with Gasteiger partial charge in [-0.05, 0) is 11.6 Å². The van der Waals surface area contributed by atoms with Crippen LogP contribution in [0.4, 0.5) is 0 Å². The quantitative estimate of drug-likeness (QED) is 0.438. The zero-order valence-corrected chi connectivity index (χ0v) is 12.6. The molecule has 0 aliphatic carbocycles. The van der Waals surface area contributed by atoms with Gasteiger partial charge in [0.25, 0.3) is 6.47 Å². The Labute approximate surface area is 114 Å². The molecule has 0 fully saturated rings. The summed E-state index contributed by atoms with van der Waals surface area (Å²) in [5.41, 5.74) is 0.911. The largest absolute Gasteiger partial charge is 0.458 e. The van der Waals surface area contributed by atoms with Crippen molar-refractivity contribution in [3.63, 3.8) is 0 Å². The van der Waals surface area contributed by atoms with Gasteiger partial charge in [-0.3, -0.25) is 4.79 Å².